The van der Waals surface area contributed by atoms with Gasteiger partial charge in [-0.1, -0.05) is 87.1 Å². The number of non-ortho nitro benzene ring substituents is 1. The van der Waals surface area contributed by atoms with Crippen molar-refractivity contribution < 1.29 is 9.66 Å². The molecule has 4 nitrogen and oxygen atoms in total. The molecule has 1 saturated heterocycles. The molecule has 1 heterocycles. The van der Waals surface area contributed by atoms with Crippen LogP contribution < -0.4 is 10.4 Å². The average Bonchev–Trinajstić information content (AvgIpc) is 3.26. The molecule has 0 amide bonds. The lowest BCUT2D eigenvalue weighted by atomic mass is 10.1. The van der Waals surface area contributed by atoms with Crippen LogP contribution in [0.25, 0.3) is 0 Å². The summed E-state index contributed by atoms with van der Waals surface area (Å²) in [5, 5.41) is 13.8. The summed E-state index contributed by atoms with van der Waals surface area (Å²) in [6, 6.07) is 28.5. The quantitative estimate of drug-likeness (QED) is 0.294. The van der Waals surface area contributed by atoms with Gasteiger partial charge < -0.3 is 4.74 Å². The SMILES string of the molecule is CC(C)(C)[Si](/C=C1/COC(c2ccc([N+](=O)[O-])cc2)C1)(c1ccccc1)c1ccccc1. The summed E-state index contributed by atoms with van der Waals surface area (Å²) in [5.41, 5.74) is 4.95. The highest BCUT2D eigenvalue weighted by molar-refractivity contribution is 7.07. The van der Waals surface area contributed by atoms with Gasteiger partial charge in [-0.25, -0.2) is 0 Å². The average molecular weight is 444 g/mol. The molecule has 164 valence electrons. The summed E-state index contributed by atoms with van der Waals surface area (Å²) < 4.78 is 6.17. The number of rotatable bonds is 5. The van der Waals surface area contributed by atoms with Crippen molar-refractivity contribution in [2.75, 3.05) is 6.61 Å². The van der Waals surface area contributed by atoms with Crippen molar-refractivity contribution in [1.29, 1.82) is 0 Å². The van der Waals surface area contributed by atoms with Gasteiger partial charge in [-0.2, -0.15) is 0 Å². The van der Waals surface area contributed by atoms with Crippen molar-refractivity contribution in [3.63, 3.8) is 0 Å². The summed E-state index contributed by atoms with van der Waals surface area (Å²) >= 11 is 0. The second-order valence-corrected chi connectivity index (χ2v) is 14.0. The van der Waals surface area contributed by atoms with Gasteiger partial charge in [0.15, 0.2) is 0 Å². The Bertz CT molecular complexity index is 1060. The van der Waals surface area contributed by atoms with Gasteiger partial charge >= 0.3 is 0 Å². The number of hydrogen-bond acceptors (Lipinski definition) is 3. The summed E-state index contributed by atoms with van der Waals surface area (Å²) in [6.45, 7) is 7.63. The molecule has 0 N–H and O–H groups in total. The lowest BCUT2D eigenvalue weighted by Crippen LogP contribution is -2.63. The highest BCUT2D eigenvalue weighted by Gasteiger charge is 2.46. The first kappa shape index (κ1) is 22.2. The normalized spacial score (nSPS) is 18.1. The fourth-order valence-electron chi connectivity index (χ4n) is 4.81. The maximum absolute atomic E-state index is 11.0. The molecule has 0 spiro atoms. The van der Waals surface area contributed by atoms with Crippen LogP contribution in [-0.4, -0.2) is 19.6 Å². The van der Waals surface area contributed by atoms with E-state index in [1.807, 2.05) is 12.1 Å². The van der Waals surface area contributed by atoms with Gasteiger partial charge in [0.1, 0.15) is 8.07 Å². The molecule has 3 aromatic rings. The largest absolute Gasteiger partial charge is 0.369 e. The standard InChI is InChI=1S/C27H29NO3Si/c1-27(2,3)32(24-10-6-4-7-11-24,25-12-8-5-9-13-25)20-21-18-26(31-19-21)22-14-16-23(17-15-22)28(29)30/h4-17,20,26H,18-19H2,1-3H3/b21-20+. The van der Waals surface area contributed by atoms with Gasteiger partial charge in [0, 0.05) is 18.6 Å². The molecule has 0 aliphatic carbocycles. The minimum atomic E-state index is -2.30. The second kappa shape index (κ2) is 8.85. The third kappa shape index (κ3) is 4.18. The Morgan fingerprint density at radius 3 is 1.91 bits per heavy atom. The summed E-state index contributed by atoms with van der Waals surface area (Å²) in [6.07, 6.45) is 0.739. The topological polar surface area (TPSA) is 52.4 Å². The van der Waals surface area contributed by atoms with E-state index in [0.29, 0.717) is 6.61 Å². The maximum atomic E-state index is 11.0. The Morgan fingerprint density at radius 1 is 0.906 bits per heavy atom. The van der Waals surface area contributed by atoms with Crippen LogP contribution in [0.4, 0.5) is 5.69 Å². The van der Waals surface area contributed by atoms with Gasteiger partial charge in [0.05, 0.1) is 17.6 Å². The van der Waals surface area contributed by atoms with Crippen molar-refractivity contribution in [3.8, 4) is 0 Å². The van der Waals surface area contributed by atoms with Crippen LogP contribution in [0.1, 0.15) is 38.9 Å². The van der Waals surface area contributed by atoms with Gasteiger partial charge in [-0.05, 0) is 38.7 Å². The van der Waals surface area contributed by atoms with Crippen molar-refractivity contribution >= 4 is 24.1 Å². The lowest BCUT2D eigenvalue weighted by molar-refractivity contribution is -0.384. The third-order valence-corrected chi connectivity index (χ3v) is 12.2. The van der Waals surface area contributed by atoms with Crippen molar-refractivity contribution in [3.05, 3.63) is 112 Å². The fraction of sp³-hybridized carbons (Fsp3) is 0.259. The third-order valence-electron chi connectivity index (χ3n) is 6.46. The number of ether oxygens (including phenoxy) is 1. The monoisotopic (exact) mass is 443 g/mol. The molecule has 32 heavy (non-hydrogen) atoms. The fourth-order valence-corrected chi connectivity index (χ4v) is 9.89. The molecule has 0 radical (unpaired) electrons. The molecule has 1 atom stereocenters. The molecule has 0 bridgehead atoms. The van der Waals surface area contributed by atoms with E-state index in [-0.39, 0.29) is 21.8 Å². The molecule has 0 aromatic heterocycles. The Kier molecular flexibility index (Phi) is 6.13. The van der Waals surface area contributed by atoms with Crippen LogP contribution in [0.15, 0.2) is 96.2 Å². The van der Waals surface area contributed by atoms with Gasteiger partial charge in [0.25, 0.3) is 5.69 Å². The Labute approximate surface area is 190 Å². The summed E-state index contributed by atoms with van der Waals surface area (Å²) in [7, 11) is -2.30. The highest BCUT2D eigenvalue weighted by Crippen LogP contribution is 2.40. The summed E-state index contributed by atoms with van der Waals surface area (Å²) in [5.74, 6) is 0. The van der Waals surface area contributed by atoms with E-state index < -0.39 is 8.07 Å². The molecular formula is C27H29NO3Si. The minimum absolute atomic E-state index is 0.0498. The van der Waals surface area contributed by atoms with E-state index in [2.05, 4.69) is 87.1 Å². The Hall–Kier alpha value is -3.02. The smallest absolute Gasteiger partial charge is 0.269 e. The van der Waals surface area contributed by atoms with Crippen molar-refractivity contribution in [2.45, 2.75) is 38.3 Å². The highest BCUT2D eigenvalue weighted by atomic mass is 28.3. The maximum Gasteiger partial charge on any atom is 0.269 e. The molecule has 1 fully saturated rings. The molecule has 1 unspecified atom stereocenters. The van der Waals surface area contributed by atoms with Crippen LogP contribution in [-0.2, 0) is 4.74 Å². The first-order valence-electron chi connectivity index (χ1n) is 11.0. The van der Waals surface area contributed by atoms with E-state index in [0.717, 1.165) is 12.0 Å². The van der Waals surface area contributed by atoms with Gasteiger partial charge in [-0.3, -0.25) is 10.1 Å². The van der Waals surface area contributed by atoms with Crippen LogP contribution in [0.2, 0.25) is 5.04 Å². The number of nitrogens with zero attached hydrogens (tertiary/aromatic N) is 1. The van der Waals surface area contributed by atoms with E-state index in [1.165, 1.54) is 15.9 Å². The van der Waals surface area contributed by atoms with E-state index in [9.17, 15) is 10.1 Å². The predicted octanol–water partition coefficient (Wildman–Crippen LogP) is 5.59. The molecule has 0 saturated carbocycles. The van der Waals surface area contributed by atoms with Crippen molar-refractivity contribution in [1.82, 2.24) is 0 Å². The second-order valence-electron chi connectivity index (χ2n) is 9.45. The zero-order chi connectivity index (χ0) is 22.8. The van der Waals surface area contributed by atoms with E-state index in [1.54, 1.807) is 12.1 Å². The van der Waals surface area contributed by atoms with Crippen molar-refractivity contribution in [2.24, 2.45) is 0 Å². The van der Waals surface area contributed by atoms with Crippen LogP contribution in [0, 0.1) is 10.1 Å². The Morgan fingerprint density at radius 2 is 1.44 bits per heavy atom. The molecule has 1 aliphatic rings. The number of hydrogen-bond donors (Lipinski definition) is 0. The number of nitro groups is 1. The Balaban J connectivity index is 1.75. The van der Waals surface area contributed by atoms with Crippen LogP contribution >= 0.6 is 0 Å². The molecule has 1 aliphatic heterocycles. The molecule has 4 rings (SSSR count). The first-order valence-corrected chi connectivity index (χ1v) is 13.1. The molecular weight excluding hydrogens is 414 g/mol. The van der Waals surface area contributed by atoms with Gasteiger partial charge in [-0.15, -0.1) is 0 Å². The van der Waals surface area contributed by atoms with Crippen LogP contribution in [0.3, 0.4) is 0 Å². The summed E-state index contributed by atoms with van der Waals surface area (Å²) in [4.78, 5) is 10.6. The van der Waals surface area contributed by atoms with Gasteiger partial charge in [0.2, 0.25) is 0 Å². The van der Waals surface area contributed by atoms with Crippen LogP contribution in [0.5, 0.6) is 0 Å². The molecule has 5 heteroatoms. The zero-order valence-electron chi connectivity index (χ0n) is 18.8. The molecule has 3 aromatic carbocycles. The minimum Gasteiger partial charge on any atom is -0.369 e. The number of benzene rings is 3. The first-order chi connectivity index (χ1) is 15.3. The van der Waals surface area contributed by atoms with E-state index in [4.69, 9.17) is 4.74 Å². The predicted molar refractivity (Wildman–Crippen MR) is 132 cm³/mol. The van der Waals surface area contributed by atoms with E-state index >= 15 is 0 Å². The zero-order valence-corrected chi connectivity index (χ0v) is 19.8. The number of nitro benzene ring substituents is 1. The lowest BCUT2D eigenvalue weighted by Gasteiger charge is -2.42.